The average Bonchev–Trinajstić information content (AvgIpc) is 1.88. The molecule has 13 heavy (non-hydrogen) atoms. The van der Waals surface area contributed by atoms with Crippen molar-refractivity contribution in [3.05, 3.63) is 0 Å². The molecule has 0 amide bonds. The number of nitrogens with zero attached hydrogens (tertiary/aromatic N) is 2. The molecule has 0 aliphatic heterocycles. The standard InChI is InChI=1S/2C3H9NOSi.Na.H/c2*1-4(2)6(3)5;;/h2*1-3H3;;/q;;+1;-1. The van der Waals surface area contributed by atoms with Crippen LogP contribution >= 0.6 is 0 Å². The Morgan fingerprint density at radius 1 is 0.846 bits per heavy atom. The zero-order valence-electron chi connectivity index (χ0n) is 10.7. The van der Waals surface area contributed by atoms with Crippen molar-refractivity contribution in [2.45, 2.75) is 13.1 Å². The van der Waals surface area contributed by atoms with E-state index in [0.29, 0.717) is 0 Å². The van der Waals surface area contributed by atoms with Crippen molar-refractivity contribution in [3.63, 3.8) is 0 Å². The van der Waals surface area contributed by atoms with E-state index in [1.54, 1.807) is 50.4 Å². The molecule has 0 aromatic carbocycles. The Hall–Kier alpha value is 0.634. The summed E-state index contributed by atoms with van der Waals surface area (Å²) in [6.07, 6.45) is 0. The van der Waals surface area contributed by atoms with E-state index in [1.165, 1.54) is 0 Å². The van der Waals surface area contributed by atoms with E-state index >= 15 is 0 Å². The molecule has 0 radical (unpaired) electrons. The Bertz CT molecular complexity index is 152. The van der Waals surface area contributed by atoms with Crippen molar-refractivity contribution in [1.82, 2.24) is 9.13 Å². The van der Waals surface area contributed by atoms with Gasteiger partial charge in [0, 0.05) is 0 Å². The van der Waals surface area contributed by atoms with Crippen LogP contribution in [0.3, 0.4) is 0 Å². The Morgan fingerprint density at radius 2 is 0.923 bits per heavy atom. The summed E-state index contributed by atoms with van der Waals surface area (Å²) >= 11 is 0. The molecule has 0 saturated heterocycles. The van der Waals surface area contributed by atoms with Crippen LogP contribution < -0.4 is 29.6 Å². The normalized spacial score (nSPS) is 7.23. The Labute approximate surface area is 108 Å². The first-order chi connectivity index (χ1) is 5.29. The third kappa shape index (κ3) is 19.2. The topological polar surface area (TPSA) is 40.6 Å². The largest absolute Gasteiger partial charge is 1.00 e. The third-order valence-electron chi connectivity index (χ3n) is 1.26. The maximum Gasteiger partial charge on any atom is 1.00 e. The molecular weight excluding hydrogens is 211 g/mol. The fourth-order valence-electron chi connectivity index (χ4n) is 0. The van der Waals surface area contributed by atoms with Gasteiger partial charge in [0.1, 0.15) is 0 Å². The summed E-state index contributed by atoms with van der Waals surface area (Å²) in [7, 11) is 4.49. The van der Waals surface area contributed by atoms with Crippen molar-refractivity contribution < 1.29 is 39.9 Å². The molecule has 0 aromatic rings. The van der Waals surface area contributed by atoms with Crippen LogP contribution in [0.5, 0.6) is 0 Å². The summed E-state index contributed by atoms with van der Waals surface area (Å²) in [5.74, 6) is 0. The van der Waals surface area contributed by atoms with Gasteiger partial charge in [-0.3, -0.25) is 0 Å². The molecule has 0 rings (SSSR count). The number of rotatable bonds is 2. The van der Waals surface area contributed by atoms with Crippen LogP contribution in [0.1, 0.15) is 1.43 Å². The van der Waals surface area contributed by atoms with Gasteiger partial charge in [0.25, 0.3) is 0 Å². The smallest absolute Gasteiger partial charge is 1.00 e. The van der Waals surface area contributed by atoms with E-state index in [1.807, 2.05) is 0 Å². The molecule has 7 heteroatoms. The van der Waals surface area contributed by atoms with Gasteiger partial charge in [0.2, 0.25) is 0 Å². The maximum atomic E-state index is 10.3. The van der Waals surface area contributed by atoms with Crippen molar-refractivity contribution in [2.75, 3.05) is 28.2 Å². The Balaban J connectivity index is -0.0000000625. The minimum Gasteiger partial charge on any atom is -1.00 e. The fourth-order valence-corrected chi connectivity index (χ4v) is 0. The van der Waals surface area contributed by atoms with Crippen LogP contribution in [0.25, 0.3) is 0 Å². The summed E-state index contributed by atoms with van der Waals surface area (Å²) in [4.78, 5) is 0. The summed E-state index contributed by atoms with van der Waals surface area (Å²) in [6.45, 7) is 3.43. The molecule has 0 aromatic heterocycles. The molecule has 0 saturated carbocycles. The first-order valence-corrected chi connectivity index (χ1v) is 7.36. The van der Waals surface area contributed by atoms with Crippen molar-refractivity contribution in [3.8, 4) is 0 Å². The quantitative estimate of drug-likeness (QED) is 0.485. The van der Waals surface area contributed by atoms with E-state index in [9.17, 15) is 8.92 Å². The van der Waals surface area contributed by atoms with Gasteiger partial charge in [-0.25, -0.2) is 0 Å². The Morgan fingerprint density at radius 3 is 0.923 bits per heavy atom. The molecule has 0 bridgehead atoms. The van der Waals surface area contributed by atoms with Crippen LogP contribution in [0.4, 0.5) is 0 Å². The molecule has 0 aliphatic rings. The molecule has 4 nitrogen and oxygen atoms in total. The molecule has 0 unspecified atom stereocenters. The maximum absolute atomic E-state index is 10.3. The zero-order valence-corrected chi connectivity index (χ0v) is 13.7. The van der Waals surface area contributed by atoms with E-state index in [-0.39, 0.29) is 31.0 Å². The molecule has 0 heterocycles. The van der Waals surface area contributed by atoms with Crippen LogP contribution in [-0.4, -0.2) is 55.0 Å². The van der Waals surface area contributed by atoms with Gasteiger partial charge in [-0.05, 0) is 41.3 Å². The van der Waals surface area contributed by atoms with E-state index in [0.717, 1.165) is 0 Å². The minimum absolute atomic E-state index is 0. The summed E-state index contributed by atoms with van der Waals surface area (Å²) in [6, 6.07) is 0. The molecule has 0 aliphatic carbocycles. The van der Waals surface area contributed by atoms with Gasteiger partial charge in [0.15, 0.2) is 0 Å². The molecule has 0 spiro atoms. The summed E-state index contributed by atoms with van der Waals surface area (Å²) in [5.41, 5.74) is 0. The predicted octanol–water partition coefficient (Wildman–Crippen LogP) is -2.69. The van der Waals surface area contributed by atoms with Crippen LogP contribution in [0, 0.1) is 0 Å². The first kappa shape index (κ1) is 19.2. The number of hydrogen-bond donors (Lipinski definition) is 0. The van der Waals surface area contributed by atoms with Gasteiger partial charge in [-0.2, -0.15) is 0 Å². The average molecular weight is 230 g/mol. The van der Waals surface area contributed by atoms with Crippen molar-refractivity contribution in [2.24, 2.45) is 0 Å². The first-order valence-electron chi connectivity index (χ1n) is 3.64. The van der Waals surface area contributed by atoms with Gasteiger partial charge >= 0.3 is 47.2 Å². The second-order valence-electron chi connectivity index (χ2n) is 2.83. The van der Waals surface area contributed by atoms with Gasteiger partial charge in [0.05, 0.1) is 0 Å². The van der Waals surface area contributed by atoms with E-state index < -0.39 is 17.7 Å². The second kappa shape index (κ2) is 10.7. The summed E-state index contributed by atoms with van der Waals surface area (Å²) < 4.78 is 23.9. The van der Waals surface area contributed by atoms with Crippen molar-refractivity contribution in [1.29, 1.82) is 0 Å². The van der Waals surface area contributed by atoms with Gasteiger partial charge in [-0.15, -0.1) is 0 Å². The van der Waals surface area contributed by atoms with Gasteiger partial charge in [-0.1, -0.05) is 0 Å². The van der Waals surface area contributed by atoms with Gasteiger partial charge < -0.3 is 19.5 Å². The molecule has 0 atom stereocenters. The van der Waals surface area contributed by atoms with Crippen LogP contribution in [-0.2, 0) is 8.92 Å². The molecular formula is C6H19N2NaO2Si2. The van der Waals surface area contributed by atoms with E-state index in [4.69, 9.17) is 0 Å². The van der Waals surface area contributed by atoms with Crippen LogP contribution in [0.15, 0.2) is 0 Å². The molecule has 0 fully saturated rings. The van der Waals surface area contributed by atoms with E-state index in [2.05, 4.69) is 0 Å². The van der Waals surface area contributed by atoms with Crippen molar-refractivity contribution >= 4 is 17.7 Å². The zero-order chi connectivity index (χ0) is 10.3. The fraction of sp³-hybridized carbons (Fsp3) is 1.00. The predicted molar refractivity (Wildman–Crippen MR) is 53.1 cm³/mol. The SMILES string of the molecule is CN(C)[Si](C)=O.CN(C)[Si](C)=O.[H-].[Na+]. The minimum atomic E-state index is -1.37. The molecule has 0 N–H and O–H groups in total. The Kier molecular flexibility index (Phi) is 15.9. The van der Waals surface area contributed by atoms with Crippen LogP contribution in [0.2, 0.25) is 13.1 Å². The summed E-state index contributed by atoms with van der Waals surface area (Å²) in [5, 5.41) is 0. The number of hydrogen-bond acceptors (Lipinski definition) is 2. The third-order valence-corrected chi connectivity index (χ3v) is 3.78. The second-order valence-corrected chi connectivity index (χ2v) is 6.69. The molecule has 74 valence electrons. The monoisotopic (exact) mass is 230 g/mol.